The van der Waals surface area contributed by atoms with E-state index in [1.54, 1.807) is 19.1 Å². The van der Waals surface area contributed by atoms with Crippen molar-refractivity contribution in [3.05, 3.63) is 29.3 Å². The first kappa shape index (κ1) is 17.0. The number of hydrogen-bond acceptors (Lipinski definition) is 2. The second-order valence-corrected chi connectivity index (χ2v) is 5.58. The number of amides is 2. The molecule has 0 bridgehead atoms. The summed E-state index contributed by atoms with van der Waals surface area (Å²) in [6, 6.07) is 4.61. The summed E-state index contributed by atoms with van der Waals surface area (Å²) in [5.74, 6) is -0.444. The fourth-order valence-corrected chi connectivity index (χ4v) is 2.15. The number of nitrogens with one attached hydrogen (secondary N) is 2. The van der Waals surface area contributed by atoms with Gasteiger partial charge in [-0.15, -0.1) is 0 Å². The molecule has 1 rings (SSSR count). The molecule has 3 N–H and O–H groups in total. The fourth-order valence-electron chi connectivity index (χ4n) is 2.15. The number of benzene rings is 1. The lowest BCUT2D eigenvalue weighted by molar-refractivity contribution is 0.0696. The standard InChI is InChI=1S/C16H24N2O3/c1-5-10(2)8-12(4)17-16(21)18-13-7-6-11(3)14(9-13)15(19)20/h6-7,9-10,12H,5,8H2,1-4H3,(H,19,20)(H2,17,18,21). The molecule has 0 aliphatic rings. The molecule has 21 heavy (non-hydrogen) atoms. The Labute approximate surface area is 125 Å². The van der Waals surface area contributed by atoms with Crippen LogP contribution in [0.15, 0.2) is 18.2 Å². The first-order chi connectivity index (χ1) is 9.83. The zero-order valence-electron chi connectivity index (χ0n) is 13.1. The van der Waals surface area contributed by atoms with Gasteiger partial charge in [0.15, 0.2) is 0 Å². The number of carboxylic acid groups (broad SMARTS) is 1. The van der Waals surface area contributed by atoms with Crippen molar-refractivity contribution < 1.29 is 14.7 Å². The number of hydrogen-bond donors (Lipinski definition) is 3. The second kappa shape index (κ2) is 7.67. The molecule has 1 aromatic carbocycles. The van der Waals surface area contributed by atoms with E-state index in [2.05, 4.69) is 24.5 Å². The van der Waals surface area contributed by atoms with Gasteiger partial charge in [0.1, 0.15) is 0 Å². The highest BCUT2D eigenvalue weighted by atomic mass is 16.4. The molecule has 0 heterocycles. The molecule has 0 saturated heterocycles. The molecule has 0 aliphatic carbocycles. The minimum absolute atomic E-state index is 0.0735. The third-order valence-corrected chi connectivity index (χ3v) is 3.56. The van der Waals surface area contributed by atoms with Crippen molar-refractivity contribution in [1.29, 1.82) is 0 Å². The molecule has 116 valence electrons. The van der Waals surface area contributed by atoms with Gasteiger partial charge in [-0.1, -0.05) is 26.3 Å². The van der Waals surface area contributed by atoms with Gasteiger partial charge in [-0.3, -0.25) is 0 Å². The van der Waals surface area contributed by atoms with E-state index in [0.29, 0.717) is 17.2 Å². The minimum atomic E-state index is -0.998. The molecule has 2 unspecified atom stereocenters. The Kier molecular flexibility index (Phi) is 6.21. The monoisotopic (exact) mass is 292 g/mol. The zero-order chi connectivity index (χ0) is 16.0. The average Bonchev–Trinajstić information content (AvgIpc) is 2.40. The molecule has 5 nitrogen and oxygen atoms in total. The third-order valence-electron chi connectivity index (χ3n) is 3.56. The predicted molar refractivity (Wildman–Crippen MR) is 83.8 cm³/mol. The molecular weight excluding hydrogens is 268 g/mol. The number of urea groups is 1. The van der Waals surface area contributed by atoms with Gasteiger partial charge in [-0.05, 0) is 43.9 Å². The molecular formula is C16H24N2O3. The highest BCUT2D eigenvalue weighted by Gasteiger charge is 2.12. The van der Waals surface area contributed by atoms with Gasteiger partial charge in [0.25, 0.3) is 0 Å². The molecule has 0 aromatic heterocycles. The van der Waals surface area contributed by atoms with E-state index in [9.17, 15) is 9.59 Å². The van der Waals surface area contributed by atoms with Crippen LogP contribution in [0, 0.1) is 12.8 Å². The van der Waals surface area contributed by atoms with Crippen LogP contribution in [0.3, 0.4) is 0 Å². The summed E-state index contributed by atoms with van der Waals surface area (Å²) >= 11 is 0. The van der Waals surface area contributed by atoms with Crippen molar-refractivity contribution in [3.8, 4) is 0 Å². The third kappa shape index (κ3) is 5.45. The molecule has 1 aromatic rings. The Morgan fingerprint density at radius 3 is 2.52 bits per heavy atom. The fraction of sp³-hybridized carbons (Fsp3) is 0.500. The van der Waals surface area contributed by atoms with Crippen LogP contribution in [-0.4, -0.2) is 23.1 Å². The van der Waals surface area contributed by atoms with E-state index in [4.69, 9.17) is 5.11 Å². The topological polar surface area (TPSA) is 78.4 Å². The van der Waals surface area contributed by atoms with Crippen molar-refractivity contribution in [3.63, 3.8) is 0 Å². The molecule has 0 spiro atoms. The normalized spacial score (nSPS) is 13.3. The molecule has 0 fully saturated rings. The second-order valence-electron chi connectivity index (χ2n) is 5.58. The van der Waals surface area contributed by atoms with Crippen molar-refractivity contribution in [1.82, 2.24) is 5.32 Å². The quantitative estimate of drug-likeness (QED) is 0.749. The van der Waals surface area contributed by atoms with Crippen LogP contribution >= 0.6 is 0 Å². The van der Waals surface area contributed by atoms with Crippen molar-refractivity contribution in [2.75, 3.05) is 5.32 Å². The SMILES string of the molecule is CCC(C)CC(C)NC(=O)Nc1ccc(C)c(C(=O)O)c1. The first-order valence-corrected chi connectivity index (χ1v) is 7.25. The van der Waals surface area contributed by atoms with E-state index < -0.39 is 5.97 Å². The summed E-state index contributed by atoms with van der Waals surface area (Å²) in [6.45, 7) is 7.96. The predicted octanol–water partition coefficient (Wildman–Crippen LogP) is 3.64. The summed E-state index contributed by atoms with van der Waals surface area (Å²) in [6.07, 6.45) is 1.99. The van der Waals surface area contributed by atoms with Crippen LogP contribution < -0.4 is 10.6 Å². The average molecular weight is 292 g/mol. The van der Waals surface area contributed by atoms with Gasteiger partial charge in [0, 0.05) is 11.7 Å². The number of rotatable bonds is 6. The molecule has 0 aliphatic heterocycles. The Hall–Kier alpha value is -2.04. The molecule has 5 heteroatoms. The van der Waals surface area contributed by atoms with Gasteiger partial charge in [-0.25, -0.2) is 9.59 Å². The number of carbonyl (C=O) groups excluding carboxylic acids is 1. The van der Waals surface area contributed by atoms with Gasteiger partial charge in [0.05, 0.1) is 5.56 Å². The lowest BCUT2D eigenvalue weighted by atomic mass is 10.0. The molecule has 2 amide bonds. The van der Waals surface area contributed by atoms with Crippen LogP contribution in [0.5, 0.6) is 0 Å². The molecule has 0 saturated carbocycles. The number of aryl methyl sites for hydroxylation is 1. The summed E-state index contributed by atoms with van der Waals surface area (Å²) in [7, 11) is 0. The first-order valence-electron chi connectivity index (χ1n) is 7.25. The maximum atomic E-state index is 11.9. The largest absolute Gasteiger partial charge is 0.478 e. The van der Waals surface area contributed by atoms with E-state index in [-0.39, 0.29) is 17.6 Å². The van der Waals surface area contributed by atoms with E-state index in [0.717, 1.165) is 12.8 Å². The number of anilines is 1. The Balaban J connectivity index is 2.63. The number of carboxylic acids is 1. The smallest absolute Gasteiger partial charge is 0.336 e. The van der Waals surface area contributed by atoms with Crippen LogP contribution in [0.1, 0.15) is 49.5 Å². The molecule has 0 radical (unpaired) electrons. The summed E-state index contributed by atoms with van der Waals surface area (Å²) in [5.41, 5.74) is 1.34. The number of carbonyl (C=O) groups is 2. The van der Waals surface area contributed by atoms with Gasteiger partial charge in [0.2, 0.25) is 0 Å². The lowest BCUT2D eigenvalue weighted by Crippen LogP contribution is -2.37. The molecule has 2 atom stereocenters. The van der Waals surface area contributed by atoms with E-state index in [1.807, 2.05) is 6.92 Å². The van der Waals surface area contributed by atoms with Gasteiger partial charge < -0.3 is 15.7 Å². The van der Waals surface area contributed by atoms with Crippen molar-refractivity contribution >= 4 is 17.7 Å². The Bertz CT molecular complexity index is 514. The summed E-state index contributed by atoms with van der Waals surface area (Å²) in [5, 5.41) is 14.6. The Morgan fingerprint density at radius 2 is 1.95 bits per heavy atom. The lowest BCUT2D eigenvalue weighted by Gasteiger charge is -2.18. The van der Waals surface area contributed by atoms with Crippen LogP contribution in [0.4, 0.5) is 10.5 Å². The highest BCUT2D eigenvalue weighted by molar-refractivity contribution is 5.94. The van der Waals surface area contributed by atoms with Crippen molar-refractivity contribution in [2.45, 2.75) is 46.6 Å². The Morgan fingerprint density at radius 1 is 1.29 bits per heavy atom. The highest BCUT2D eigenvalue weighted by Crippen LogP contribution is 2.15. The van der Waals surface area contributed by atoms with Crippen molar-refractivity contribution in [2.24, 2.45) is 5.92 Å². The van der Waals surface area contributed by atoms with Gasteiger partial charge >= 0.3 is 12.0 Å². The maximum Gasteiger partial charge on any atom is 0.336 e. The van der Waals surface area contributed by atoms with E-state index in [1.165, 1.54) is 6.07 Å². The summed E-state index contributed by atoms with van der Waals surface area (Å²) < 4.78 is 0. The number of aromatic carboxylic acids is 1. The zero-order valence-corrected chi connectivity index (χ0v) is 13.1. The van der Waals surface area contributed by atoms with E-state index >= 15 is 0 Å². The minimum Gasteiger partial charge on any atom is -0.478 e. The van der Waals surface area contributed by atoms with Crippen LogP contribution in [-0.2, 0) is 0 Å². The van der Waals surface area contributed by atoms with Crippen LogP contribution in [0.2, 0.25) is 0 Å². The summed E-state index contributed by atoms with van der Waals surface area (Å²) in [4.78, 5) is 23.0. The maximum absolute atomic E-state index is 11.9. The van der Waals surface area contributed by atoms with Crippen LogP contribution in [0.25, 0.3) is 0 Å². The van der Waals surface area contributed by atoms with Gasteiger partial charge in [-0.2, -0.15) is 0 Å².